The number of hydrogen-bond donors (Lipinski definition) is 1. The molecule has 5 heteroatoms. The van der Waals surface area contributed by atoms with Crippen LogP contribution >= 0.6 is 0 Å². The smallest absolute Gasteiger partial charge is 0.311 e. The molecule has 0 spiro atoms. The van der Waals surface area contributed by atoms with Gasteiger partial charge in [-0.15, -0.1) is 0 Å². The Bertz CT molecular complexity index is 511. The van der Waals surface area contributed by atoms with Gasteiger partial charge in [-0.3, -0.25) is 9.59 Å². The first kappa shape index (κ1) is 14.4. The normalized spacial score (nSPS) is 21.8. The standard InChI is InChI=1S/C15H19NO4/c1-3-15(14(18)19)8-9-16(10-15)13(17)11-4-6-12(20-2)7-5-11/h4-7H,3,8-10H2,1-2H3,(H,18,19). The zero-order valence-electron chi connectivity index (χ0n) is 11.8. The summed E-state index contributed by atoms with van der Waals surface area (Å²) in [6, 6.07) is 6.86. The highest BCUT2D eigenvalue weighted by molar-refractivity contribution is 5.95. The lowest BCUT2D eigenvalue weighted by atomic mass is 9.84. The van der Waals surface area contributed by atoms with Crippen LogP contribution in [0.2, 0.25) is 0 Å². The van der Waals surface area contributed by atoms with Crippen LogP contribution in [0.15, 0.2) is 24.3 Å². The molecule has 108 valence electrons. The summed E-state index contributed by atoms with van der Waals surface area (Å²) in [4.78, 5) is 25.4. The first-order valence-corrected chi connectivity index (χ1v) is 6.69. The van der Waals surface area contributed by atoms with Crippen LogP contribution in [0.3, 0.4) is 0 Å². The Balaban J connectivity index is 2.12. The van der Waals surface area contributed by atoms with E-state index in [0.717, 1.165) is 0 Å². The maximum Gasteiger partial charge on any atom is 0.311 e. The number of carboxylic acid groups (broad SMARTS) is 1. The third-order valence-electron chi connectivity index (χ3n) is 4.11. The first-order valence-electron chi connectivity index (χ1n) is 6.69. The topological polar surface area (TPSA) is 66.8 Å². The van der Waals surface area contributed by atoms with E-state index in [1.54, 1.807) is 36.3 Å². The Morgan fingerprint density at radius 3 is 2.45 bits per heavy atom. The monoisotopic (exact) mass is 277 g/mol. The Labute approximate surface area is 118 Å². The quantitative estimate of drug-likeness (QED) is 0.914. The van der Waals surface area contributed by atoms with Crippen molar-refractivity contribution in [3.8, 4) is 5.75 Å². The summed E-state index contributed by atoms with van der Waals surface area (Å²) < 4.78 is 5.05. The van der Waals surface area contributed by atoms with Crippen molar-refractivity contribution in [1.82, 2.24) is 4.90 Å². The molecule has 1 aliphatic rings. The van der Waals surface area contributed by atoms with Gasteiger partial charge in [-0.2, -0.15) is 0 Å². The fourth-order valence-electron chi connectivity index (χ4n) is 2.58. The number of nitrogens with zero attached hydrogens (tertiary/aromatic N) is 1. The second-order valence-electron chi connectivity index (χ2n) is 5.14. The number of methoxy groups -OCH3 is 1. The summed E-state index contributed by atoms with van der Waals surface area (Å²) in [5.74, 6) is -0.245. The van der Waals surface area contributed by atoms with Gasteiger partial charge >= 0.3 is 5.97 Å². The predicted octanol–water partition coefficient (Wildman–Crippen LogP) is 2.02. The molecule has 0 saturated carbocycles. The van der Waals surface area contributed by atoms with Gasteiger partial charge < -0.3 is 14.7 Å². The SMILES string of the molecule is CCC1(C(=O)O)CCN(C(=O)c2ccc(OC)cc2)C1. The highest BCUT2D eigenvalue weighted by Crippen LogP contribution is 2.34. The van der Waals surface area contributed by atoms with E-state index >= 15 is 0 Å². The fraction of sp³-hybridized carbons (Fsp3) is 0.467. The molecule has 1 heterocycles. The Kier molecular flexibility index (Phi) is 3.97. The van der Waals surface area contributed by atoms with Crippen molar-refractivity contribution in [2.75, 3.05) is 20.2 Å². The summed E-state index contributed by atoms with van der Waals surface area (Å²) in [6.45, 7) is 2.63. The lowest BCUT2D eigenvalue weighted by Crippen LogP contribution is -2.36. The minimum Gasteiger partial charge on any atom is -0.497 e. The first-order chi connectivity index (χ1) is 9.52. The number of carboxylic acids is 1. The molecular weight excluding hydrogens is 258 g/mol. The molecule has 1 saturated heterocycles. The van der Waals surface area contributed by atoms with Crippen LogP contribution in [-0.4, -0.2) is 42.1 Å². The van der Waals surface area contributed by atoms with Crippen molar-refractivity contribution in [2.45, 2.75) is 19.8 Å². The van der Waals surface area contributed by atoms with E-state index in [9.17, 15) is 14.7 Å². The zero-order chi connectivity index (χ0) is 14.8. The van der Waals surface area contributed by atoms with Gasteiger partial charge in [-0.05, 0) is 37.1 Å². The summed E-state index contributed by atoms with van der Waals surface area (Å²) in [5, 5.41) is 9.35. The fourth-order valence-corrected chi connectivity index (χ4v) is 2.58. The van der Waals surface area contributed by atoms with Crippen molar-refractivity contribution in [3.63, 3.8) is 0 Å². The van der Waals surface area contributed by atoms with E-state index in [1.165, 1.54) is 0 Å². The van der Waals surface area contributed by atoms with Crippen molar-refractivity contribution in [2.24, 2.45) is 5.41 Å². The molecule has 0 aliphatic carbocycles. The average molecular weight is 277 g/mol. The molecule has 1 amide bonds. The van der Waals surface area contributed by atoms with E-state index in [4.69, 9.17) is 4.74 Å². The Morgan fingerprint density at radius 2 is 2.00 bits per heavy atom. The summed E-state index contributed by atoms with van der Waals surface area (Å²) in [6.07, 6.45) is 1.05. The number of likely N-dealkylation sites (tertiary alicyclic amines) is 1. The molecule has 1 N–H and O–H groups in total. The number of carbonyl (C=O) groups excluding carboxylic acids is 1. The van der Waals surface area contributed by atoms with Crippen LogP contribution in [0.1, 0.15) is 30.1 Å². The number of benzene rings is 1. The number of aliphatic carboxylic acids is 1. The Morgan fingerprint density at radius 1 is 1.35 bits per heavy atom. The lowest BCUT2D eigenvalue weighted by molar-refractivity contribution is -0.148. The third-order valence-corrected chi connectivity index (χ3v) is 4.11. The largest absolute Gasteiger partial charge is 0.497 e. The molecule has 5 nitrogen and oxygen atoms in total. The lowest BCUT2D eigenvalue weighted by Gasteiger charge is -2.23. The Hall–Kier alpha value is -2.04. The molecule has 0 bridgehead atoms. The second kappa shape index (κ2) is 5.53. The molecule has 1 aromatic carbocycles. The molecule has 1 fully saturated rings. The van der Waals surface area contributed by atoms with Gasteiger partial charge in [-0.1, -0.05) is 6.92 Å². The minimum atomic E-state index is -0.815. The van der Waals surface area contributed by atoms with Crippen LogP contribution in [0.25, 0.3) is 0 Å². The van der Waals surface area contributed by atoms with E-state index in [2.05, 4.69) is 0 Å². The van der Waals surface area contributed by atoms with Gasteiger partial charge in [0.1, 0.15) is 5.75 Å². The molecule has 1 atom stereocenters. The van der Waals surface area contributed by atoms with E-state index in [0.29, 0.717) is 30.7 Å². The minimum absolute atomic E-state index is 0.121. The molecule has 1 aliphatic heterocycles. The number of rotatable bonds is 4. The van der Waals surface area contributed by atoms with Crippen molar-refractivity contribution < 1.29 is 19.4 Å². The summed E-state index contributed by atoms with van der Waals surface area (Å²) in [7, 11) is 1.57. The maximum atomic E-state index is 12.4. The van der Waals surface area contributed by atoms with E-state index in [-0.39, 0.29) is 12.5 Å². The third kappa shape index (κ3) is 2.48. The summed E-state index contributed by atoms with van der Waals surface area (Å²) in [5.41, 5.74) is -0.231. The van der Waals surface area contributed by atoms with Gasteiger partial charge in [0.05, 0.1) is 12.5 Å². The molecule has 0 radical (unpaired) electrons. The van der Waals surface area contributed by atoms with Crippen LogP contribution in [0.4, 0.5) is 0 Å². The highest BCUT2D eigenvalue weighted by Gasteiger charge is 2.44. The van der Waals surface area contributed by atoms with Crippen LogP contribution in [0.5, 0.6) is 5.75 Å². The van der Waals surface area contributed by atoms with Crippen LogP contribution in [0, 0.1) is 5.41 Å². The van der Waals surface area contributed by atoms with Crippen molar-refractivity contribution in [3.05, 3.63) is 29.8 Å². The molecule has 1 aromatic rings. The number of hydrogen-bond acceptors (Lipinski definition) is 3. The molecule has 0 aromatic heterocycles. The van der Waals surface area contributed by atoms with Gasteiger partial charge in [0.25, 0.3) is 5.91 Å². The van der Waals surface area contributed by atoms with Gasteiger partial charge in [0, 0.05) is 18.7 Å². The molecule has 2 rings (SSSR count). The van der Waals surface area contributed by atoms with E-state index < -0.39 is 11.4 Å². The number of carbonyl (C=O) groups is 2. The predicted molar refractivity (Wildman–Crippen MR) is 73.9 cm³/mol. The van der Waals surface area contributed by atoms with Crippen LogP contribution in [-0.2, 0) is 4.79 Å². The average Bonchev–Trinajstić information content (AvgIpc) is 2.92. The van der Waals surface area contributed by atoms with Gasteiger partial charge in [-0.25, -0.2) is 0 Å². The van der Waals surface area contributed by atoms with Gasteiger partial charge in [0.2, 0.25) is 0 Å². The van der Waals surface area contributed by atoms with Crippen LogP contribution < -0.4 is 4.74 Å². The maximum absolute atomic E-state index is 12.4. The number of amides is 1. The van der Waals surface area contributed by atoms with Gasteiger partial charge in [0.15, 0.2) is 0 Å². The molecule has 20 heavy (non-hydrogen) atoms. The van der Waals surface area contributed by atoms with Crippen molar-refractivity contribution in [1.29, 1.82) is 0 Å². The number of ether oxygens (including phenoxy) is 1. The molecule has 1 unspecified atom stereocenters. The van der Waals surface area contributed by atoms with Crippen molar-refractivity contribution >= 4 is 11.9 Å². The van der Waals surface area contributed by atoms with E-state index in [1.807, 2.05) is 6.92 Å². The second-order valence-corrected chi connectivity index (χ2v) is 5.14. The zero-order valence-corrected chi connectivity index (χ0v) is 11.8. The highest BCUT2D eigenvalue weighted by atomic mass is 16.5. The molecular formula is C15H19NO4. The summed E-state index contributed by atoms with van der Waals surface area (Å²) >= 11 is 0.